The quantitative estimate of drug-likeness (QED) is 0.206. The molecule has 0 saturated heterocycles. The maximum absolute atomic E-state index is 4.64. The molecule has 7 heteroatoms. The van der Waals surface area contributed by atoms with E-state index in [4.69, 9.17) is 0 Å². The fraction of sp³-hybridized carbons (Fsp3) is 0.636. The number of halogens is 1. The number of aryl methyl sites for hydroxylation is 2. The molecule has 0 aliphatic carbocycles. The molecule has 0 fully saturated rings. The van der Waals surface area contributed by atoms with Crippen molar-refractivity contribution in [1.29, 1.82) is 0 Å². The van der Waals surface area contributed by atoms with Crippen LogP contribution in [0.3, 0.4) is 0 Å². The second-order valence-electron chi connectivity index (χ2n) is 7.37. The molecular weight excluding hydrogens is 475 g/mol. The van der Waals surface area contributed by atoms with E-state index < -0.39 is 0 Å². The van der Waals surface area contributed by atoms with Crippen LogP contribution in [0.4, 0.5) is 0 Å². The molecule has 2 rings (SSSR count). The number of hydrogen-bond donors (Lipinski definition) is 2. The molecule has 0 aliphatic rings. The van der Waals surface area contributed by atoms with Gasteiger partial charge in [-0.2, -0.15) is 0 Å². The van der Waals surface area contributed by atoms with Crippen LogP contribution in [0.1, 0.15) is 45.9 Å². The summed E-state index contributed by atoms with van der Waals surface area (Å²) in [5.74, 6) is 1.97. The summed E-state index contributed by atoms with van der Waals surface area (Å²) in [7, 11) is 1.84. The van der Waals surface area contributed by atoms with Gasteiger partial charge >= 0.3 is 0 Å². The third-order valence-corrected chi connectivity index (χ3v) is 5.31. The van der Waals surface area contributed by atoms with Crippen LogP contribution in [-0.4, -0.2) is 59.7 Å². The Morgan fingerprint density at radius 2 is 1.93 bits per heavy atom. The Morgan fingerprint density at radius 1 is 1.21 bits per heavy atom. The van der Waals surface area contributed by atoms with Crippen LogP contribution < -0.4 is 10.6 Å². The molecule has 0 amide bonds. The highest BCUT2D eigenvalue weighted by molar-refractivity contribution is 14.0. The Labute approximate surface area is 193 Å². The van der Waals surface area contributed by atoms with Gasteiger partial charge in [-0.15, -0.1) is 24.0 Å². The van der Waals surface area contributed by atoms with E-state index in [9.17, 15) is 0 Å². The van der Waals surface area contributed by atoms with Gasteiger partial charge in [0.2, 0.25) is 0 Å². The van der Waals surface area contributed by atoms with Crippen molar-refractivity contribution in [1.82, 2.24) is 25.1 Å². The van der Waals surface area contributed by atoms with Crippen LogP contribution in [0.2, 0.25) is 0 Å². The predicted octanol–water partition coefficient (Wildman–Crippen LogP) is 4.03. The maximum Gasteiger partial charge on any atom is 0.191 e. The van der Waals surface area contributed by atoms with Gasteiger partial charge in [0.15, 0.2) is 5.96 Å². The van der Waals surface area contributed by atoms with Crippen molar-refractivity contribution in [2.75, 3.05) is 33.2 Å². The molecule has 0 aliphatic heterocycles. The SMILES string of the molecule is CCN(CC)CCCC(C)NC(=NC)NCCCn1c(C)nc2ccccc21.I. The molecule has 164 valence electrons. The first kappa shape index (κ1) is 25.7. The number of para-hydroxylation sites is 2. The van der Waals surface area contributed by atoms with E-state index in [1.807, 2.05) is 13.1 Å². The fourth-order valence-electron chi connectivity index (χ4n) is 3.58. The minimum absolute atomic E-state index is 0. The highest BCUT2D eigenvalue weighted by Crippen LogP contribution is 2.15. The monoisotopic (exact) mass is 514 g/mol. The zero-order valence-electron chi connectivity index (χ0n) is 18.7. The number of rotatable bonds is 11. The van der Waals surface area contributed by atoms with Gasteiger partial charge in [0, 0.05) is 26.2 Å². The van der Waals surface area contributed by atoms with Crippen molar-refractivity contribution in [3.05, 3.63) is 30.1 Å². The van der Waals surface area contributed by atoms with Gasteiger partial charge in [0.25, 0.3) is 0 Å². The van der Waals surface area contributed by atoms with Gasteiger partial charge in [0.1, 0.15) is 5.82 Å². The Bertz CT molecular complexity index is 738. The molecule has 1 heterocycles. The number of nitrogens with one attached hydrogen (secondary N) is 2. The van der Waals surface area contributed by atoms with E-state index in [0.717, 1.165) is 56.3 Å². The maximum atomic E-state index is 4.64. The van der Waals surface area contributed by atoms with Gasteiger partial charge in [-0.25, -0.2) is 4.98 Å². The van der Waals surface area contributed by atoms with Crippen LogP contribution in [0, 0.1) is 6.92 Å². The van der Waals surface area contributed by atoms with Gasteiger partial charge in [-0.05, 0) is 64.9 Å². The third-order valence-electron chi connectivity index (χ3n) is 5.31. The lowest BCUT2D eigenvalue weighted by Crippen LogP contribution is -2.43. The molecule has 6 nitrogen and oxygen atoms in total. The molecule has 1 atom stereocenters. The Kier molecular flexibility index (Phi) is 12.2. The first-order valence-corrected chi connectivity index (χ1v) is 10.7. The Hall–Kier alpha value is -1.35. The average Bonchev–Trinajstić information content (AvgIpc) is 3.02. The minimum atomic E-state index is 0. The zero-order chi connectivity index (χ0) is 20.4. The Balaban J connectivity index is 0.00000420. The molecule has 0 bridgehead atoms. The lowest BCUT2D eigenvalue weighted by Gasteiger charge is -2.21. The van der Waals surface area contributed by atoms with E-state index in [1.54, 1.807) is 0 Å². The van der Waals surface area contributed by atoms with E-state index >= 15 is 0 Å². The first-order valence-electron chi connectivity index (χ1n) is 10.7. The van der Waals surface area contributed by atoms with Crippen LogP contribution in [-0.2, 0) is 6.54 Å². The van der Waals surface area contributed by atoms with E-state index in [2.05, 4.69) is 76.0 Å². The summed E-state index contributed by atoms with van der Waals surface area (Å²) in [5.41, 5.74) is 2.29. The van der Waals surface area contributed by atoms with Gasteiger partial charge in [-0.3, -0.25) is 4.99 Å². The summed E-state index contributed by atoms with van der Waals surface area (Å²) in [4.78, 5) is 11.5. The summed E-state index contributed by atoms with van der Waals surface area (Å²) in [6.45, 7) is 14.0. The summed E-state index contributed by atoms with van der Waals surface area (Å²) < 4.78 is 2.29. The van der Waals surface area contributed by atoms with E-state index in [-0.39, 0.29) is 24.0 Å². The van der Waals surface area contributed by atoms with Crippen molar-refractivity contribution in [2.45, 2.75) is 59.5 Å². The van der Waals surface area contributed by atoms with Crippen molar-refractivity contribution >= 4 is 41.0 Å². The summed E-state index contributed by atoms with van der Waals surface area (Å²) in [5, 5.41) is 6.96. The molecule has 2 aromatic rings. The molecule has 0 saturated carbocycles. The molecule has 1 aromatic carbocycles. The highest BCUT2D eigenvalue weighted by atomic mass is 127. The number of hydrogen-bond acceptors (Lipinski definition) is 3. The highest BCUT2D eigenvalue weighted by Gasteiger charge is 2.08. The topological polar surface area (TPSA) is 57.5 Å². The smallest absolute Gasteiger partial charge is 0.191 e. The summed E-state index contributed by atoms with van der Waals surface area (Å²) in [6, 6.07) is 8.75. The average molecular weight is 515 g/mol. The molecule has 1 unspecified atom stereocenters. The van der Waals surface area contributed by atoms with Gasteiger partial charge in [-0.1, -0.05) is 26.0 Å². The van der Waals surface area contributed by atoms with Crippen LogP contribution in [0.25, 0.3) is 11.0 Å². The van der Waals surface area contributed by atoms with Crippen LogP contribution >= 0.6 is 24.0 Å². The number of fused-ring (bicyclic) bond motifs is 1. The second-order valence-corrected chi connectivity index (χ2v) is 7.37. The third kappa shape index (κ3) is 8.12. The molecule has 0 spiro atoms. The number of nitrogens with zero attached hydrogens (tertiary/aromatic N) is 4. The lowest BCUT2D eigenvalue weighted by atomic mass is 10.2. The standard InChI is InChI=1S/C22H38N6.HI/c1-6-27(7-2)16-10-12-18(3)25-22(23-5)24-15-11-17-28-19(4)26-20-13-8-9-14-21(20)28;/h8-9,13-14,18H,6-7,10-12,15-17H2,1-5H3,(H2,23,24,25);1H. The normalized spacial score (nSPS) is 12.8. The van der Waals surface area contributed by atoms with Crippen molar-refractivity contribution in [3.63, 3.8) is 0 Å². The van der Waals surface area contributed by atoms with Crippen molar-refractivity contribution in [2.24, 2.45) is 4.99 Å². The van der Waals surface area contributed by atoms with Gasteiger partial charge < -0.3 is 20.1 Å². The van der Waals surface area contributed by atoms with Crippen molar-refractivity contribution < 1.29 is 0 Å². The zero-order valence-corrected chi connectivity index (χ0v) is 21.1. The first-order chi connectivity index (χ1) is 13.6. The van der Waals surface area contributed by atoms with Crippen molar-refractivity contribution in [3.8, 4) is 0 Å². The number of guanidine groups is 1. The number of imidazole rings is 1. The number of aliphatic imine (C=N–C) groups is 1. The van der Waals surface area contributed by atoms with E-state index in [0.29, 0.717) is 6.04 Å². The molecule has 2 N–H and O–H groups in total. The van der Waals surface area contributed by atoms with Crippen LogP contribution in [0.5, 0.6) is 0 Å². The summed E-state index contributed by atoms with van der Waals surface area (Å²) in [6.07, 6.45) is 3.38. The van der Waals surface area contributed by atoms with Crippen LogP contribution in [0.15, 0.2) is 29.3 Å². The molecule has 29 heavy (non-hydrogen) atoms. The predicted molar refractivity (Wildman–Crippen MR) is 135 cm³/mol. The summed E-state index contributed by atoms with van der Waals surface area (Å²) >= 11 is 0. The lowest BCUT2D eigenvalue weighted by molar-refractivity contribution is 0.292. The largest absolute Gasteiger partial charge is 0.356 e. The number of benzene rings is 1. The molecule has 0 radical (unpaired) electrons. The molecule has 1 aromatic heterocycles. The van der Waals surface area contributed by atoms with Gasteiger partial charge in [0.05, 0.1) is 11.0 Å². The van der Waals surface area contributed by atoms with E-state index in [1.165, 1.54) is 18.5 Å². The Morgan fingerprint density at radius 3 is 2.62 bits per heavy atom. The number of aromatic nitrogens is 2. The molecular formula is C22H39IN6. The minimum Gasteiger partial charge on any atom is -0.356 e. The fourth-order valence-corrected chi connectivity index (χ4v) is 3.58. The second kappa shape index (κ2) is 13.8.